The zero-order chi connectivity index (χ0) is 9.90. The normalized spacial score (nSPS) is 32.3. The molecule has 1 fully saturated rings. The van der Waals surface area contributed by atoms with Gasteiger partial charge in [-0.25, -0.2) is 0 Å². The highest BCUT2D eigenvalue weighted by molar-refractivity contribution is 7.99. The standard InChI is InChI=1S/C11H23NS/c1-4-5-8-13-9-6-7-11(2,3)10(9)12/h9-10H,4-8,12H2,1-3H3. The van der Waals surface area contributed by atoms with Gasteiger partial charge >= 0.3 is 0 Å². The smallest absolute Gasteiger partial charge is 0.0211 e. The number of unbranched alkanes of at least 4 members (excludes halogenated alkanes) is 1. The molecule has 1 aliphatic carbocycles. The Morgan fingerprint density at radius 3 is 2.62 bits per heavy atom. The van der Waals surface area contributed by atoms with Crippen LogP contribution in [0.2, 0.25) is 0 Å². The molecule has 0 aromatic rings. The maximum Gasteiger partial charge on any atom is 0.0211 e. The Morgan fingerprint density at radius 2 is 2.15 bits per heavy atom. The third-order valence-corrected chi connectivity index (χ3v) is 4.69. The Hall–Kier alpha value is 0.310. The van der Waals surface area contributed by atoms with Gasteiger partial charge in [-0.3, -0.25) is 0 Å². The average Bonchev–Trinajstić information content (AvgIpc) is 2.32. The van der Waals surface area contributed by atoms with Crippen molar-refractivity contribution in [1.82, 2.24) is 0 Å². The van der Waals surface area contributed by atoms with Crippen molar-refractivity contribution in [2.75, 3.05) is 5.75 Å². The fraction of sp³-hybridized carbons (Fsp3) is 1.00. The molecule has 0 spiro atoms. The Kier molecular flexibility index (Phi) is 4.11. The lowest BCUT2D eigenvalue weighted by Crippen LogP contribution is -2.38. The molecule has 2 heteroatoms. The summed E-state index contributed by atoms with van der Waals surface area (Å²) < 4.78 is 0. The number of thioether (sulfide) groups is 1. The van der Waals surface area contributed by atoms with Gasteiger partial charge in [0.15, 0.2) is 0 Å². The van der Waals surface area contributed by atoms with Gasteiger partial charge < -0.3 is 5.73 Å². The molecule has 1 aliphatic rings. The molecule has 0 saturated heterocycles. The highest BCUT2D eigenvalue weighted by Crippen LogP contribution is 2.41. The summed E-state index contributed by atoms with van der Waals surface area (Å²) in [5.41, 5.74) is 6.60. The van der Waals surface area contributed by atoms with E-state index < -0.39 is 0 Å². The molecule has 2 N–H and O–H groups in total. The van der Waals surface area contributed by atoms with Crippen LogP contribution in [0.15, 0.2) is 0 Å². The molecule has 0 aliphatic heterocycles. The molecular formula is C11H23NS. The van der Waals surface area contributed by atoms with E-state index in [1.165, 1.54) is 31.4 Å². The van der Waals surface area contributed by atoms with Crippen molar-refractivity contribution in [2.24, 2.45) is 11.1 Å². The van der Waals surface area contributed by atoms with E-state index in [1.54, 1.807) is 0 Å². The molecule has 78 valence electrons. The van der Waals surface area contributed by atoms with Crippen LogP contribution in [-0.2, 0) is 0 Å². The molecule has 0 bridgehead atoms. The second kappa shape index (κ2) is 4.70. The predicted molar refractivity (Wildman–Crippen MR) is 62.1 cm³/mol. The minimum absolute atomic E-state index is 0.379. The molecule has 1 saturated carbocycles. The van der Waals surface area contributed by atoms with Crippen LogP contribution in [0.5, 0.6) is 0 Å². The number of hydrogen-bond donors (Lipinski definition) is 1. The first-order chi connectivity index (χ1) is 6.08. The molecule has 1 rings (SSSR count). The maximum atomic E-state index is 6.22. The van der Waals surface area contributed by atoms with Crippen molar-refractivity contribution in [3.05, 3.63) is 0 Å². The molecule has 0 amide bonds. The third-order valence-electron chi connectivity index (χ3n) is 3.21. The molecule has 2 atom stereocenters. The van der Waals surface area contributed by atoms with Crippen molar-refractivity contribution >= 4 is 11.8 Å². The first-order valence-electron chi connectivity index (χ1n) is 5.45. The lowest BCUT2D eigenvalue weighted by Gasteiger charge is -2.26. The van der Waals surface area contributed by atoms with Crippen LogP contribution in [0, 0.1) is 5.41 Å². The fourth-order valence-corrected chi connectivity index (χ4v) is 3.55. The first-order valence-corrected chi connectivity index (χ1v) is 6.50. The Morgan fingerprint density at radius 1 is 1.46 bits per heavy atom. The van der Waals surface area contributed by atoms with Crippen molar-refractivity contribution in [3.8, 4) is 0 Å². The molecular weight excluding hydrogens is 178 g/mol. The second-order valence-electron chi connectivity index (χ2n) is 4.82. The van der Waals surface area contributed by atoms with Gasteiger partial charge in [0.05, 0.1) is 0 Å². The third kappa shape index (κ3) is 2.88. The van der Waals surface area contributed by atoms with Gasteiger partial charge in [0.2, 0.25) is 0 Å². The van der Waals surface area contributed by atoms with Crippen molar-refractivity contribution < 1.29 is 0 Å². The predicted octanol–water partition coefficient (Wildman–Crippen LogP) is 3.04. The van der Waals surface area contributed by atoms with E-state index in [-0.39, 0.29) is 0 Å². The van der Waals surface area contributed by atoms with Crippen LogP contribution in [0.3, 0.4) is 0 Å². The van der Waals surface area contributed by atoms with Crippen molar-refractivity contribution in [2.45, 2.75) is 57.7 Å². The SMILES string of the molecule is CCCCSC1CCC(C)(C)C1N. The summed E-state index contributed by atoms with van der Waals surface area (Å²) in [6.07, 6.45) is 5.27. The van der Waals surface area contributed by atoms with E-state index in [0.29, 0.717) is 11.5 Å². The van der Waals surface area contributed by atoms with E-state index in [4.69, 9.17) is 5.73 Å². The number of nitrogens with two attached hydrogens (primary N) is 1. The molecule has 0 aromatic carbocycles. The summed E-state index contributed by atoms with van der Waals surface area (Å²) in [5.74, 6) is 1.30. The molecule has 0 heterocycles. The summed E-state index contributed by atoms with van der Waals surface area (Å²) in [5, 5.41) is 0.724. The molecule has 0 radical (unpaired) electrons. The van der Waals surface area contributed by atoms with Gasteiger partial charge in [-0.15, -0.1) is 0 Å². The molecule has 1 nitrogen and oxygen atoms in total. The van der Waals surface area contributed by atoms with Gasteiger partial charge in [0, 0.05) is 11.3 Å². The van der Waals surface area contributed by atoms with E-state index in [2.05, 4.69) is 32.5 Å². The van der Waals surface area contributed by atoms with Crippen LogP contribution in [0.4, 0.5) is 0 Å². The zero-order valence-electron chi connectivity index (χ0n) is 9.18. The van der Waals surface area contributed by atoms with Crippen LogP contribution in [-0.4, -0.2) is 17.0 Å². The average molecular weight is 201 g/mol. The maximum absolute atomic E-state index is 6.22. The van der Waals surface area contributed by atoms with Crippen LogP contribution in [0.25, 0.3) is 0 Å². The highest BCUT2D eigenvalue weighted by atomic mass is 32.2. The summed E-state index contributed by atoms with van der Waals surface area (Å²) >= 11 is 2.09. The minimum Gasteiger partial charge on any atom is -0.326 e. The molecule has 13 heavy (non-hydrogen) atoms. The highest BCUT2D eigenvalue weighted by Gasteiger charge is 2.39. The van der Waals surface area contributed by atoms with Crippen LogP contribution < -0.4 is 5.73 Å². The number of rotatable bonds is 4. The zero-order valence-corrected chi connectivity index (χ0v) is 9.99. The minimum atomic E-state index is 0.379. The van der Waals surface area contributed by atoms with Crippen LogP contribution in [0.1, 0.15) is 46.5 Å². The van der Waals surface area contributed by atoms with Crippen LogP contribution >= 0.6 is 11.8 Å². The van der Waals surface area contributed by atoms with Gasteiger partial charge in [-0.1, -0.05) is 27.2 Å². The van der Waals surface area contributed by atoms with E-state index in [1.807, 2.05) is 0 Å². The van der Waals surface area contributed by atoms with E-state index in [9.17, 15) is 0 Å². The Balaban J connectivity index is 2.29. The van der Waals surface area contributed by atoms with E-state index >= 15 is 0 Å². The van der Waals surface area contributed by atoms with E-state index in [0.717, 1.165) is 5.25 Å². The topological polar surface area (TPSA) is 26.0 Å². The fourth-order valence-electron chi connectivity index (χ4n) is 1.93. The Labute approximate surface area is 86.8 Å². The monoisotopic (exact) mass is 201 g/mol. The summed E-state index contributed by atoms with van der Waals surface area (Å²) in [6.45, 7) is 6.86. The first kappa shape index (κ1) is 11.4. The lowest BCUT2D eigenvalue weighted by atomic mass is 9.88. The quantitative estimate of drug-likeness (QED) is 0.708. The summed E-state index contributed by atoms with van der Waals surface area (Å²) in [7, 11) is 0. The number of hydrogen-bond acceptors (Lipinski definition) is 2. The summed E-state index contributed by atoms with van der Waals surface area (Å²) in [4.78, 5) is 0. The summed E-state index contributed by atoms with van der Waals surface area (Å²) in [6, 6.07) is 0.411. The van der Waals surface area contributed by atoms with Crippen molar-refractivity contribution in [3.63, 3.8) is 0 Å². The second-order valence-corrected chi connectivity index (χ2v) is 6.16. The van der Waals surface area contributed by atoms with Crippen molar-refractivity contribution in [1.29, 1.82) is 0 Å². The van der Waals surface area contributed by atoms with Gasteiger partial charge in [-0.05, 0) is 30.4 Å². The Bertz CT molecular complexity index is 156. The molecule has 2 unspecified atom stereocenters. The van der Waals surface area contributed by atoms with Gasteiger partial charge in [-0.2, -0.15) is 11.8 Å². The van der Waals surface area contributed by atoms with Gasteiger partial charge in [0.25, 0.3) is 0 Å². The largest absolute Gasteiger partial charge is 0.326 e. The lowest BCUT2D eigenvalue weighted by molar-refractivity contribution is 0.334. The molecule has 0 aromatic heterocycles. The van der Waals surface area contributed by atoms with Gasteiger partial charge in [0.1, 0.15) is 0 Å².